The van der Waals surface area contributed by atoms with Crippen molar-refractivity contribution in [1.29, 1.82) is 0 Å². The summed E-state index contributed by atoms with van der Waals surface area (Å²) in [5.74, 6) is 0.451. The Morgan fingerprint density at radius 2 is 2.06 bits per heavy atom. The van der Waals surface area contributed by atoms with Crippen molar-refractivity contribution < 1.29 is 4.39 Å². The number of rotatable bonds is 5. The molecule has 2 rings (SSSR count). The van der Waals surface area contributed by atoms with E-state index in [-0.39, 0.29) is 5.82 Å². The molecule has 96 valence electrons. The van der Waals surface area contributed by atoms with Crippen molar-refractivity contribution in [3.63, 3.8) is 0 Å². The van der Waals surface area contributed by atoms with Crippen LogP contribution in [0.5, 0.6) is 0 Å². The van der Waals surface area contributed by atoms with Crippen molar-refractivity contribution in [2.75, 3.05) is 18.0 Å². The predicted octanol–water partition coefficient (Wildman–Crippen LogP) is 3.40. The van der Waals surface area contributed by atoms with E-state index in [1.54, 1.807) is 6.07 Å². The van der Waals surface area contributed by atoms with Gasteiger partial charge in [-0.2, -0.15) is 0 Å². The quantitative estimate of drug-likeness (QED) is 0.811. The molecule has 2 aromatic rings. The molecule has 1 aromatic carbocycles. The van der Waals surface area contributed by atoms with Crippen LogP contribution in [0.3, 0.4) is 0 Å². The lowest BCUT2D eigenvalue weighted by Crippen LogP contribution is -2.25. The topological polar surface area (TPSA) is 29.0 Å². The minimum absolute atomic E-state index is 0.252. The van der Waals surface area contributed by atoms with Crippen molar-refractivity contribution in [1.82, 2.24) is 9.97 Å². The van der Waals surface area contributed by atoms with Crippen LogP contribution in [0.15, 0.2) is 24.5 Å². The molecule has 0 spiro atoms. The molecule has 0 fully saturated rings. The van der Waals surface area contributed by atoms with Gasteiger partial charge in [0.05, 0.1) is 10.9 Å². The highest BCUT2D eigenvalue weighted by Crippen LogP contribution is 2.25. The van der Waals surface area contributed by atoms with Gasteiger partial charge < -0.3 is 4.90 Å². The Labute approximate surface area is 107 Å². The summed E-state index contributed by atoms with van der Waals surface area (Å²) in [6.45, 7) is 5.92. The fraction of sp³-hybridized carbons (Fsp3) is 0.429. The van der Waals surface area contributed by atoms with Crippen LogP contribution in [-0.4, -0.2) is 23.1 Å². The van der Waals surface area contributed by atoms with Crippen molar-refractivity contribution in [2.45, 2.75) is 26.7 Å². The maximum absolute atomic E-state index is 14.0. The Morgan fingerprint density at radius 3 is 2.78 bits per heavy atom. The zero-order valence-corrected chi connectivity index (χ0v) is 10.9. The first-order valence-corrected chi connectivity index (χ1v) is 6.42. The summed E-state index contributed by atoms with van der Waals surface area (Å²) in [5, 5.41) is 0.526. The monoisotopic (exact) mass is 247 g/mol. The van der Waals surface area contributed by atoms with Gasteiger partial charge in [-0.1, -0.05) is 19.4 Å². The lowest BCUT2D eigenvalue weighted by Gasteiger charge is -2.22. The largest absolute Gasteiger partial charge is 0.356 e. The minimum atomic E-state index is -0.252. The van der Waals surface area contributed by atoms with E-state index in [1.165, 1.54) is 12.4 Å². The lowest BCUT2D eigenvalue weighted by molar-refractivity contribution is 0.637. The normalized spacial score (nSPS) is 10.8. The van der Waals surface area contributed by atoms with Gasteiger partial charge in [-0.25, -0.2) is 14.4 Å². The Bertz CT molecular complexity index is 522. The van der Waals surface area contributed by atoms with E-state index < -0.39 is 0 Å². The molecule has 4 heteroatoms. The van der Waals surface area contributed by atoms with Crippen LogP contribution >= 0.6 is 0 Å². The second kappa shape index (κ2) is 5.76. The zero-order chi connectivity index (χ0) is 13.0. The Hall–Kier alpha value is -1.71. The van der Waals surface area contributed by atoms with Gasteiger partial charge in [0.15, 0.2) is 0 Å². The second-order valence-electron chi connectivity index (χ2n) is 4.26. The van der Waals surface area contributed by atoms with Crippen LogP contribution in [0, 0.1) is 5.82 Å². The molecule has 0 aliphatic carbocycles. The maximum atomic E-state index is 14.0. The number of unbranched alkanes of at least 4 members (excludes halogenated alkanes) is 1. The Morgan fingerprint density at radius 1 is 1.22 bits per heavy atom. The number of hydrogen-bond acceptors (Lipinski definition) is 3. The highest BCUT2D eigenvalue weighted by Gasteiger charge is 2.13. The third-order valence-electron chi connectivity index (χ3n) is 3.05. The van der Waals surface area contributed by atoms with E-state index in [9.17, 15) is 4.39 Å². The first-order valence-electron chi connectivity index (χ1n) is 6.42. The van der Waals surface area contributed by atoms with E-state index >= 15 is 0 Å². The summed E-state index contributed by atoms with van der Waals surface area (Å²) in [5.41, 5.74) is 0.662. The molecule has 3 nitrogen and oxygen atoms in total. The standard InChI is InChI=1S/C14H18FN3/c1-3-5-9-18(4-2)14-13-11(15)7-6-8-12(13)16-10-17-14/h6-8,10H,3-5,9H2,1-2H3. The van der Waals surface area contributed by atoms with Gasteiger partial charge in [-0.05, 0) is 25.5 Å². The van der Waals surface area contributed by atoms with Crippen LogP contribution in [0.1, 0.15) is 26.7 Å². The van der Waals surface area contributed by atoms with E-state index in [0.29, 0.717) is 16.7 Å². The van der Waals surface area contributed by atoms with Crippen LogP contribution in [-0.2, 0) is 0 Å². The van der Waals surface area contributed by atoms with Gasteiger partial charge in [0, 0.05) is 13.1 Å². The average Bonchev–Trinajstić information content (AvgIpc) is 2.40. The van der Waals surface area contributed by atoms with Crippen molar-refractivity contribution in [2.24, 2.45) is 0 Å². The van der Waals surface area contributed by atoms with E-state index in [4.69, 9.17) is 0 Å². The number of benzene rings is 1. The molecule has 18 heavy (non-hydrogen) atoms. The molecular formula is C14H18FN3. The third-order valence-corrected chi connectivity index (χ3v) is 3.05. The number of aromatic nitrogens is 2. The molecule has 0 saturated carbocycles. The molecule has 0 saturated heterocycles. The number of anilines is 1. The highest BCUT2D eigenvalue weighted by molar-refractivity contribution is 5.89. The number of hydrogen-bond donors (Lipinski definition) is 0. The fourth-order valence-electron chi connectivity index (χ4n) is 2.05. The van der Waals surface area contributed by atoms with Gasteiger partial charge >= 0.3 is 0 Å². The van der Waals surface area contributed by atoms with E-state index in [2.05, 4.69) is 28.7 Å². The molecule has 1 heterocycles. The molecule has 0 atom stereocenters. The average molecular weight is 247 g/mol. The van der Waals surface area contributed by atoms with Crippen molar-refractivity contribution in [3.8, 4) is 0 Å². The highest BCUT2D eigenvalue weighted by atomic mass is 19.1. The van der Waals surface area contributed by atoms with Crippen LogP contribution < -0.4 is 4.90 Å². The van der Waals surface area contributed by atoms with Gasteiger partial charge in [-0.3, -0.25) is 0 Å². The summed E-state index contributed by atoms with van der Waals surface area (Å²) in [7, 11) is 0. The van der Waals surface area contributed by atoms with Crippen molar-refractivity contribution in [3.05, 3.63) is 30.3 Å². The predicted molar refractivity (Wildman–Crippen MR) is 72.3 cm³/mol. The molecule has 1 aromatic heterocycles. The van der Waals surface area contributed by atoms with Gasteiger partial charge in [0.1, 0.15) is 18.0 Å². The van der Waals surface area contributed by atoms with Gasteiger partial charge in [0.25, 0.3) is 0 Å². The molecule has 0 amide bonds. The summed E-state index contributed by atoms with van der Waals surface area (Å²) in [6, 6.07) is 4.96. The fourth-order valence-corrected chi connectivity index (χ4v) is 2.05. The molecule has 0 N–H and O–H groups in total. The van der Waals surface area contributed by atoms with Gasteiger partial charge in [0.2, 0.25) is 0 Å². The second-order valence-corrected chi connectivity index (χ2v) is 4.26. The number of fused-ring (bicyclic) bond motifs is 1. The Balaban J connectivity index is 2.48. The smallest absolute Gasteiger partial charge is 0.142 e. The summed E-state index contributed by atoms with van der Waals surface area (Å²) >= 11 is 0. The van der Waals surface area contributed by atoms with E-state index in [1.807, 2.05) is 6.07 Å². The Kier molecular flexibility index (Phi) is 4.07. The molecule has 0 aliphatic rings. The van der Waals surface area contributed by atoms with Crippen LogP contribution in [0.4, 0.5) is 10.2 Å². The number of halogens is 1. The zero-order valence-electron chi connectivity index (χ0n) is 10.9. The molecular weight excluding hydrogens is 229 g/mol. The molecule has 0 unspecified atom stereocenters. The third kappa shape index (κ3) is 2.42. The maximum Gasteiger partial charge on any atom is 0.142 e. The molecule has 0 aliphatic heterocycles. The summed E-state index contributed by atoms with van der Waals surface area (Å²) < 4.78 is 14.0. The van der Waals surface area contributed by atoms with Crippen molar-refractivity contribution >= 4 is 16.7 Å². The molecule has 0 radical (unpaired) electrons. The first-order chi connectivity index (χ1) is 8.77. The van der Waals surface area contributed by atoms with Gasteiger partial charge in [-0.15, -0.1) is 0 Å². The lowest BCUT2D eigenvalue weighted by atomic mass is 10.2. The SMILES string of the molecule is CCCCN(CC)c1ncnc2cccc(F)c12. The summed E-state index contributed by atoms with van der Waals surface area (Å²) in [6.07, 6.45) is 3.70. The van der Waals surface area contributed by atoms with E-state index in [0.717, 1.165) is 25.9 Å². The summed E-state index contributed by atoms with van der Waals surface area (Å²) in [4.78, 5) is 10.5. The van der Waals surface area contributed by atoms with Crippen LogP contribution in [0.2, 0.25) is 0 Å². The first kappa shape index (κ1) is 12.7. The minimum Gasteiger partial charge on any atom is -0.356 e. The number of nitrogens with zero attached hydrogens (tertiary/aromatic N) is 3. The molecule has 0 bridgehead atoms. The van der Waals surface area contributed by atoms with Crippen LogP contribution in [0.25, 0.3) is 10.9 Å².